The number of hydrogen-bond donors (Lipinski definition) is 1. The Morgan fingerprint density at radius 3 is 2.67 bits per heavy atom. The molecule has 1 N–H and O–H groups in total. The zero-order valence-electron chi connectivity index (χ0n) is 17.0. The molecule has 0 bridgehead atoms. The van der Waals surface area contributed by atoms with Crippen molar-refractivity contribution in [2.45, 2.75) is 39.3 Å². The first kappa shape index (κ1) is 24.2. The minimum absolute atomic E-state index is 0.0426. The number of rotatable bonds is 10. The zero-order chi connectivity index (χ0) is 22.1. The molecule has 0 aliphatic rings. The third-order valence-electron chi connectivity index (χ3n) is 4.54. The van der Waals surface area contributed by atoms with Gasteiger partial charge in [-0.15, -0.1) is 0 Å². The molecule has 0 aliphatic heterocycles. The van der Waals surface area contributed by atoms with Gasteiger partial charge in [-0.3, -0.25) is 9.59 Å². The quantitative estimate of drug-likeness (QED) is 0.470. The van der Waals surface area contributed by atoms with Gasteiger partial charge in [0.1, 0.15) is 17.6 Å². The van der Waals surface area contributed by atoms with Crippen LogP contribution in [0.3, 0.4) is 0 Å². The van der Waals surface area contributed by atoms with Crippen LogP contribution in [0.1, 0.15) is 32.3 Å². The highest BCUT2D eigenvalue weighted by atomic mass is 79.9. The topological polar surface area (TPSA) is 58.6 Å². The minimum atomic E-state index is -0.786. The Morgan fingerprint density at radius 2 is 2.00 bits per heavy atom. The molecule has 0 fully saturated rings. The van der Waals surface area contributed by atoms with Gasteiger partial charge in [0.2, 0.25) is 5.91 Å². The molecule has 0 aromatic heterocycles. The van der Waals surface area contributed by atoms with E-state index in [4.69, 9.17) is 16.3 Å². The molecule has 2 rings (SSSR count). The van der Waals surface area contributed by atoms with Crippen molar-refractivity contribution in [1.29, 1.82) is 0 Å². The van der Waals surface area contributed by atoms with E-state index in [1.807, 2.05) is 6.92 Å². The molecule has 0 saturated carbocycles. The smallest absolute Gasteiger partial charge is 0.261 e. The largest absolute Gasteiger partial charge is 0.483 e. The highest BCUT2D eigenvalue weighted by Gasteiger charge is 2.27. The molecule has 0 unspecified atom stereocenters. The molecule has 5 nitrogen and oxygen atoms in total. The molecular formula is C22H25BrClFN2O3. The molecule has 0 radical (unpaired) electrons. The summed E-state index contributed by atoms with van der Waals surface area (Å²) in [6.07, 6.45) is 1.78. The van der Waals surface area contributed by atoms with Crippen molar-refractivity contribution < 1.29 is 18.7 Å². The summed E-state index contributed by atoms with van der Waals surface area (Å²) in [6, 6.07) is 10.3. The van der Waals surface area contributed by atoms with Gasteiger partial charge in [0.25, 0.3) is 5.91 Å². The lowest BCUT2D eigenvalue weighted by molar-refractivity contribution is -0.142. The lowest BCUT2D eigenvalue weighted by atomic mass is 10.1. The molecular weight excluding hydrogens is 475 g/mol. The van der Waals surface area contributed by atoms with E-state index in [2.05, 4.69) is 21.2 Å². The van der Waals surface area contributed by atoms with E-state index in [0.29, 0.717) is 27.4 Å². The third kappa shape index (κ3) is 6.99. The SMILES string of the molecule is CCCCNC(=O)[C@H](C)N(Cc1ccccc1F)C(=O)COc1ccc(Cl)cc1Br. The highest BCUT2D eigenvalue weighted by Crippen LogP contribution is 2.28. The summed E-state index contributed by atoms with van der Waals surface area (Å²) >= 11 is 9.26. The van der Waals surface area contributed by atoms with E-state index in [0.717, 1.165) is 12.8 Å². The Kier molecular flexibility index (Phi) is 9.59. The highest BCUT2D eigenvalue weighted by molar-refractivity contribution is 9.10. The van der Waals surface area contributed by atoms with Crippen LogP contribution in [0.5, 0.6) is 5.75 Å². The maximum absolute atomic E-state index is 14.2. The molecule has 0 spiro atoms. The number of hydrogen-bond acceptors (Lipinski definition) is 3. The van der Waals surface area contributed by atoms with Crippen LogP contribution in [0.25, 0.3) is 0 Å². The Balaban J connectivity index is 2.15. The summed E-state index contributed by atoms with van der Waals surface area (Å²) in [4.78, 5) is 26.8. The van der Waals surface area contributed by atoms with Crippen molar-refractivity contribution in [3.8, 4) is 5.75 Å². The number of amides is 2. The Morgan fingerprint density at radius 1 is 1.27 bits per heavy atom. The van der Waals surface area contributed by atoms with Crippen molar-refractivity contribution in [2.75, 3.05) is 13.2 Å². The van der Waals surface area contributed by atoms with Crippen LogP contribution >= 0.6 is 27.5 Å². The van der Waals surface area contributed by atoms with Crippen LogP contribution in [0.15, 0.2) is 46.9 Å². The monoisotopic (exact) mass is 498 g/mol. The van der Waals surface area contributed by atoms with Crippen LogP contribution in [0, 0.1) is 5.82 Å². The standard InChI is InChI=1S/C22H25BrClFN2O3/c1-3-4-11-26-22(29)15(2)27(13-16-7-5-6-8-19(16)25)21(28)14-30-20-10-9-17(24)12-18(20)23/h5-10,12,15H,3-4,11,13-14H2,1-2H3,(H,26,29)/t15-/m0/s1. The number of ether oxygens (including phenoxy) is 1. The zero-order valence-corrected chi connectivity index (χ0v) is 19.3. The minimum Gasteiger partial charge on any atom is -0.483 e. The maximum atomic E-state index is 14.2. The van der Waals surface area contributed by atoms with Gasteiger partial charge >= 0.3 is 0 Å². The van der Waals surface area contributed by atoms with Crippen LogP contribution in [0.2, 0.25) is 5.02 Å². The average Bonchev–Trinajstić information content (AvgIpc) is 2.72. The van der Waals surface area contributed by atoms with E-state index in [1.165, 1.54) is 11.0 Å². The van der Waals surface area contributed by atoms with Gasteiger partial charge in [0, 0.05) is 23.7 Å². The van der Waals surface area contributed by atoms with E-state index in [-0.39, 0.29) is 19.1 Å². The van der Waals surface area contributed by atoms with Crippen molar-refractivity contribution in [3.63, 3.8) is 0 Å². The van der Waals surface area contributed by atoms with Gasteiger partial charge in [-0.1, -0.05) is 43.1 Å². The van der Waals surface area contributed by atoms with Gasteiger partial charge in [-0.25, -0.2) is 4.39 Å². The molecule has 8 heteroatoms. The third-order valence-corrected chi connectivity index (χ3v) is 5.40. The second-order valence-electron chi connectivity index (χ2n) is 6.80. The van der Waals surface area contributed by atoms with E-state index < -0.39 is 17.8 Å². The number of halogens is 3. The summed E-state index contributed by atoms with van der Waals surface area (Å²) in [6.45, 7) is 3.82. The normalized spacial score (nSPS) is 11.6. The van der Waals surface area contributed by atoms with Crippen molar-refractivity contribution >= 4 is 39.3 Å². The number of nitrogens with one attached hydrogen (secondary N) is 1. The molecule has 30 heavy (non-hydrogen) atoms. The van der Waals surface area contributed by atoms with E-state index >= 15 is 0 Å². The first-order valence-electron chi connectivity index (χ1n) is 9.72. The summed E-state index contributed by atoms with van der Waals surface area (Å²) < 4.78 is 20.4. The van der Waals surface area contributed by atoms with Crippen LogP contribution in [-0.4, -0.2) is 35.9 Å². The lowest BCUT2D eigenvalue weighted by Crippen LogP contribution is -2.49. The van der Waals surface area contributed by atoms with Gasteiger partial charge in [-0.05, 0) is 53.5 Å². The number of carbonyl (C=O) groups is 2. The van der Waals surface area contributed by atoms with E-state index in [1.54, 1.807) is 43.3 Å². The maximum Gasteiger partial charge on any atom is 0.261 e. The van der Waals surface area contributed by atoms with Crippen LogP contribution < -0.4 is 10.1 Å². The molecule has 2 amide bonds. The molecule has 0 aliphatic carbocycles. The van der Waals surface area contributed by atoms with Gasteiger partial charge in [0.15, 0.2) is 6.61 Å². The summed E-state index contributed by atoms with van der Waals surface area (Å²) in [5.41, 5.74) is 0.326. The van der Waals surface area contributed by atoms with Gasteiger partial charge < -0.3 is 15.0 Å². The summed E-state index contributed by atoms with van der Waals surface area (Å²) in [7, 11) is 0. The van der Waals surface area contributed by atoms with Crippen molar-refractivity contribution in [3.05, 3.63) is 63.3 Å². The first-order valence-corrected chi connectivity index (χ1v) is 10.9. The summed E-state index contributed by atoms with van der Waals surface area (Å²) in [5.74, 6) is -0.715. The fourth-order valence-corrected chi connectivity index (χ4v) is 3.54. The Bertz CT molecular complexity index is 881. The molecule has 1 atom stereocenters. The predicted octanol–water partition coefficient (Wildman–Crippen LogP) is 4.95. The Labute approximate surface area is 189 Å². The number of benzene rings is 2. The lowest BCUT2D eigenvalue weighted by Gasteiger charge is -2.29. The van der Waals surface area contributed by atoms with Gasteiger partial charge in [-0.2, -0.15) is 0 Å². The van der Waals surface area contributed by atoms with Crippen molar-refractivity contribution in [1.82, 2.24) is 10.2 Å². The first-order chi connectivity index (χ1) is 14.3. The predicted molar refractivity (Wildman–Crippen MR) is 119 cm³/mol. The molecule has 2 aromatic rings. The second kappa shape index (κ2) is 11.9. The molecule has 0 heterocycles. The van der Waals surface area contributed by atoms with Crippen molar-refractivity contribution in [2.24, 2.45) is 0 Å². The van der Waals surface area contributed by atoms with E-state index in [9.17, 15) is 14.0 Å². The second-order valence-corrected chi connectivity index (χ2v) is 8.09. The van der Waals surface area contributed by atoms with Crippen LogP contribution in [-0.2, 0) is 16.1 Å². The fourth-order valence-electron chi connectivity index (χ4n) is 2.74. The van der Waals surface area contributed by atoms with Crippen LogP contribution in [0.4, 0.5) is 4.39 Å². The summed E-state index contributed by atoms with van der Waals surface area (Å²) in [5, 5.41) is 3.35. The number of nitrogens with zero attached hydrogens (tertiary/aromatic N) is 1. The molecule has 162 valence electrons. The average molecular weight is 500 g/mol. The number of carbonyl (C=O) groups excluding carboxylic acids is 2. The molecule has 0 saturated heterocycles. The molecule has 2 aromatic carbocycles. The Hall–Kier alpha value is -2.12. The van der Waals surface area contributed by atoms with Gasteiger partial charge in [0.05, 0.1) is 4.47 Å². The number of unbranched alkanes of at least 4 members (excludes halogenated alkanes) is 1. The fraction of sp³-hybridized carbons (Fsp3) is 0.364.